The third kappa shape index (κ3) is 3.89. The van der Waals surface area contributed by atoms with Crippen molar-refractivity contribution >= 4 is 22.5 Å². The maximum Gasteiger partial charge on any atom is 0.277 e. The van der Waals surface area contributed by atoms with Gasteiger partial charge in [-0.05, 0) is 24.5 Å². The minimum Gasteiger partial charge on any atom is -0.479 e. The molecule has 0 aliphatic rings. The Balaban J connectivity index is 1.97. The lowest BCUT2D eigenvalue weighted by Gasteiger charge is -2.11. The van der Waals surface area contributed by atoms with Gasteiger partial charge in [-0.3, -0.25) is 14.4 Å². The van der Waals surface area contributed by atoms with E-state index in [1.54, 1.807) is 18.2 Å². The third-order valence-corrected chi connectivity index (χ3v) is 3.97. The van der Waals surface area contributed by atoms with Crippen LogP contribution < -0.4 is 21.2 Å². The molecular formula is C19H20N4O4. The molecule has 0 unspecified atom stereocenters. The van der Waals surface area contributed by atoms with Crippen LogP contribution in [0.4, 0.5) is 5.69 Å². The van der Waals surface area contributed by atoms with Crippen molar-refractivity contribution in [1.29, 1.82) is 0 Å². The van der Waals surface area contributed by atoms with Gasteiger partial charge in [0.25, 0.3) is 17.0 Å². The number of ether oxygens (including phenoxy) is 1. The summed E-state index contributed by atoms with van der Waals surface area (Å²) in [6, 6.07) is 8.77. The number of rotatable bonds is 5. The Labute approximate surface area is 154 Å². The van der Waals surface area contributed by atoms with Crippen molar-refractivity contribution in [1.82, 2.24) is 15.0 Å². The van der Waals surface area contributed by atoms with E-state index in [9.17, 15) is 14.4 Å². The summed E-state index contributed by atoms with van der Waals surface area (Å²) in [5, 5.41) is 3.27. The maximum atomic E-state index is 12.6. The largest absolute Gasteiger partial charge is 0.479 e. The fourth-order valence-electron chi connectivity index (χ4n) is 2.72. The van der Waals surface area contributed by atoms with E-state index in [2.05, 4.69) is 20.3 Å². The molecule has 1 aromatic carbocycles. The molecule has 0 saturated carbocycles. The van der Waals surface area contributed by atoms with Crippen LogP contribution in [-0.4, -0.2) is 28.0 Å². The van der Waals surface area contributed by atoms with Crippen LogP contribution >= 0.6 is 0 Å². The summed E-state index contributed by atoms with van der Waals surface area (Å²) in [4.78, 5) is 46.4. The molecule has 0 saturated heterocycles. The van der Waals surface area contributed by atoms with Gasteiger partial charge in [0, 0.05) is 10.9 Å². The number of hydrogen-bond donors (Lipinski definition) is 3. The Morgan fingerprint density at radius 3 is 2.63 bits per heavy atom. The normalized spacial score (nSPS) is 11.0. The van der Waals surface area contributed by atoms with Gasteiger partial charge >= 0.3 is 0 Å². The predicted molar refractivity (Wildman–Crippen MR) is 102 cm³/mol. The molecule has 3 rings (SSSR count). The minimum atomic E-state index is -0.687. The fraction of sp³-hybridized carbons (Fsp3) is 0.263. The number of nitrogens with one attached hydrogen (secondary N) is 3. The highest BCUT2D eigenvalue weighted by Crippen LogP contribution is 2.16. The predicted octanol–water partition coefficient (Wildman–Crippen LogP) is 2.07. The van der Waals surface area contributed by atoms with Crippen molar-refractivity contribution < 1.29 is 9.53 Å². The summed E-state index contributed by atoms with van der Waals surface area (Å²) in [5.74, 6) is -0.465. The molecule has 1 amide bonds. The Bertz CT molecular complexity index is 1110. The van der Waals surface area contributed by atoms with Gasteiger partial charge in [-0.2, -0.15) is 0 Å². The van der Waals surface area contributed by atoms with E-state index < -0.39 is 17.0 Å². The van der Waals surface area contributed by atoms with Gasteiger partial charge in [0.2, 0.25) is 5.88 Å². The van der Waals surface area contributed by atoms with Gasteiger partial charge in [-0.15, -0.1) is 0 Å². The molecule has 140 valence electrons. The van der Waals surface area contributed by atoms with Crippen molar-refractivity contribution in [3.63, 3.8) is 0 Å². The number of carbonyl (C=O) groups excluding carboxylic acids is 1. The first kappa shape index (κ1) is 18.4. The van der Waals surface area contributed by atoms with E-state index in [1.807, 2.05) is 26.0 Å². The average molecular weight is 368 g/mol. The van der Waals surface area contributed by atoms with E-state index in [0.29, 0.717) is 17.6 Å². The van der Waals surface area contributed by atoms with E-state index in [0.717, 1.165) is 5.39 Å². The highest BCUT2D eigenvalue weighted by Gasteiger charge is 2.19. The van der Waals surface area contributed by atoms with Gasteiger partial charge in [0.05, 0.1) is 7.11 Å². The van der Waals surface area contributed by atoms with Crippen LogP contribution in [0.1, 0.15) is 30.0 Å². The number of aromatic amines is 2. The van der Waals surface area contributed by atoms with Gasteiger partial charge in [-0.1, -0.05) is 32.0 Å². The molecule has 3 N–H and O–H groups in total. The summed E-state index contributed by atoms with van der Waals surface area (Å²) in [5.41, 5.74) is -0.0293. The number of carbonyl (C=O) groups is 1. The van der Waals surface area contributed by atoms with Gasteiger partial charge in [0.15, 0.2) is 5.69 Å². The number of methoxy groups -OCH3 is 1. The molecule has 8 heteroatoms. The second-order valence-electron chi connectivity index (χ2n) is 6.55. The first-order valence-corrected chi connectivity index (χ1v) is 8.49. The quantitative estimate of drug-likeness (QED) is 0.637. The number of aromatic nitrogens is 3. The first-order valence-electron chi connectivity index (χ1n) is 8.49. The Morgan fingerprint density at radius 1 is 1.19 bits per heavy atom. The number of pyridine rings is 1. The van der Waals surface area contributed by atoms with Crippen LogP contribution in [0, 0.1) is 5.92 Å². The van der Waals surface area contributed by atoms with E-state index in [4.69, 9.17) is 4.74 Å². The molecule has 0 spiro atoms. The van der Waals surface area contributed by atoms with Crippen LogP contribution in [0.2, 0.25) is 0 Å². The second-order valence-corrected chi connectivity index (χ2v) is 6.55. The van der Waals surface area contributed by atoms with Crippen LogP contribution in [-0.2, 0) is 6.42 Å². The Hall–Kier alpha value is -3.42. The molecule has 27 heavy (non-hydrogen) atoms. The maximum absolute atomic E-state index is 12.6. The van der Waals surface area contributed by atoms with Crippen molar-refractivity contribution in [3.05, 3.63) is 62.4 Å². The summed E-state index contributed by atoms with van der Waals surface area (Å²) >= 11 is 0. The molecule has 8 nitrogen and oxygen atoms in total. The molecule has 0 radical (unpaired) electrons. The SMILES string of the molecule is COc1nc(CC(C)C)c(=O)[nH]c1C(=O)Nc1cc2ccccc2[nH]c1=O. The topological polar surface area (TPSA) is 117 Å². The molecule has 0 bridgehead atoms. The average Bonchev–Trinajstić information content (AvgIpc) is 2.63. The summed E-state index contributed by atoms with van der Waals surface area (Å²) < 4.78 is 5.15. The molecule has 0 atom stereocenters. The van der Waals surface area contributed by atoms with Crippen molar-refractivity contribution in [2.24, 2.45) is 5.92 Å². The number of fused-ring (bicyclic) bond motifs is 1. The van der Waals surface area contributed by atoms with Gasteiger partial charge in [0.1, 0.15) is 11.4 Å². The van der Waals surface area contributed by atoms with Crippen molar-refractivity contribution in [3.8, 4) is 5.88 Å². The standard InChI is InChI=1S/C19H20N4O4/c1-10(2)8-13-17(25)23-15(19(22-13)27-3)18(26)21-14-9-11-6-4-5-7-12(11)20-16(14)24/h4-7,9-10H,8H2,1-3H3,(H,20,24)(H,21,26)(H,23,25). The van der Waals surface area contributed by atoms with Crippen molar-refractivity contribution in [2.75, 3.05) is 12.4 Å². The molecule has 2 aromatic heterocycles. The summed E-state index contributed by atoms with van der Waals surface area (Å²) in [6.45, 7) is 3.92. The second kappa shape index (κ2) is 7.45. The third-order valence-electron chi connectivity index (χ3n) is 3.97. The zero-order valence-electron chi connectivity index (χ0n) is 15.3. The molecule has 0 aliphatic heterocycles. The van der Waals surface area contributed by atoms with Crippen molar-refractivity contribution in [2.45, 2.75) is 20.3 Å². The molecular weight excluding hydrogens is 348 g/mol. The van der Waals surface area contributed by atoms with Crippen LogP contribution in [0.5, 0.6) is 5.88 Å². The Kier molecular flexibility index (Phi) is 5.07. The lowest BCUT2D eigenvalue weighted by Crippen LogP contribution is -2.26. The fourth-order valence-corrected chi connectivity index (χ4v) is 2.72. The number of nitrogens with zero attached hydrogens (tertiary/aromatic N) is 1. The van der Waals surface area contributed by atoms with Gasteiger partial charge < -0.3 is 20.0 Å². The lowest BCUT2D eigenvalue weighted by atomic mass is 10.1. The zero-order valence-corrected chi connectivity index (χ0v) is 15.3. The monoisotopic (exact) mass is 368 g/mol. The molecule has 3 aromatic rings. The first-order chi connectivity index (χ1) is 12.9. The smallest absolute Gasteiger partial charge is 0.277 e. The highest BCUT2D eigenvalue weighted by molar-refractivity contribution is 6.04. The van der Waals surface area contributed by atoms with Crippen LogP contribution in [0.25, 0.3) is 10.9 Å². The minimum absolute atomic E-state index is 0.0000299. The number of amides is 1. The molecule has 0 fully saturated rings. The highest BCUT2D eigenvalue weighted by atomic mass is 16.5. The van der Waals surface area contributed by atoms with E-state index in [1.165, 1.54) is 7.11 Å². The van der Waals surface area contributed by atoms with Crippen LogP contribution in [0.3, 0.4) is 0 Å². The van der Waals surface area contributed by atoms with Crippen LogP contribution in [0.15, 0.2) is 39.9 Å². The van der Waals surface area contributed by atoms with E-state index in [-0.39, 0.29) is 23.2 Å². The van der Waals surface area contributed by atoms with E-state index >= 15 is 0 Å². The summed E-state index contributed by atoms with van der Waals surface area (Å²) in [6.07, 6.45) is 0.456. The number of hydrogen-bond acceptors (Lipinski definition) is 5. The Morgan fingerprint density at radius 2 is 1.93 bits per heavy atom. The van der Waals surface area contributed by atoms with Gasteiger partial charge in [-0.25, -0.2) is 4.98 Å². The lowest BCUT2D eigenvalue weighted by molar-refractivity contribution is 0.101. The molecule has 0 aliphatic carbocycles. The molecule has 2 heterocycles. The summed E-state index contributed by atoms with van der Waals surface area (Å²) in [7, 11) is 1.36. The number of benzene rings is 1. The number of H-pyrrole nitrogens is 2. The number of para-hydroxylation sites is 1. The number of anilines is 1. The zero-order chi connectivity index (χ0) is 19.6.